The summed E-state index contributed by atoms with van der Waals surface area (Å²) >= 11 is 0. The van der Waals surface area contributed by atoms with Gasteiger partial charge in [0.15, 0.2) is 0 Å². The Morgan fingerprint density at radius 3 is 1.84 bits per heavy atom. The molecule has 6 heteroatoms. The maximum Gasteiger partial charge on any atom is 0.136 e. The van der Waals surface area contributed by atoms with Gasteiger partial charge in [0.25, 0.3) is 0 Å². The summed E-state index contributed by atoms with van der Waals surface area (Å²) in [7, 11) is 2.16. The molecule has 0 atom stereocenters. The summed E-state index contributed by atoms with van der Waals surface area (Å²) < 4.78 is 15.6. The molecule has 0 spiro atoms. The topological polar surface area (TPSA) is 50.6 Å². The van der Waals surface area contributed by atoms with Crippen LogP contribution in [0.25, 0.3) is 60.7 Å². The molecule has 49 heavy (non-hydrogen) atoms. The molecule has 246 valence electrons. The minimum Gasteiger partial charge on any atom is -0.456 e. The highest BCUT2D eigenvalue weighted by Crippen LogP contribution is 2.58. The summed E-state index contributed by atoms with van der Waals surface area (Å²) in [5.74, 6) is 0. The van der Waals surface area contributed by atoms with E-state index in [1.807, 2.05) is 6.20 Å². The van der Waals surface area contributed by atoms with Gasteiger partial charge in [-0.05, 0) is 53.1 Å². The van der Waals surface area contributed by atoms with Gasteiger partial charge in [-0.2, -0.15) is 5.10 Å². The monoisotopic (exact) mass is 646 g/mol. The molecule has 0 saturated heterocycles. The van der Waals surface area contributed by atoms with Crippen LogP contribution in [-0.2, 0) is 16.2 Å². The maximum absolute atomic E-state index is 6.73. The fourth-order valence-electron chi connectivity index (χ4n) is 9.18. The van der Waals surface area contributed by atoms with Gasteiger partial charge in [-0.1, -0.05) is 85.7 Å². The SMILES string of the molecule is CN1C=C2N(C1)c1cc3c(cc1C(C)(C)C2(C)C)oc1ccc2oc4cc5c(cc4c2c13)-n1ncc(-c2ccccc2)c1C(C)(C)C5(C)C. The average Bonchev–Trinajstić information content (AvgIpc) is 3.84. The molecule has 0 aliphatic carbocycles. The normalized spacial score (nSPS) is 19.7. The van der Waals surface area contributed by atoms with E-state index in [1.165, 1.54) is 39.3 Å². The standard InChI is InChI=1S/C43H42N4O2/c1-40(2)28-19-34-25(17-30(28)46-23-45(9)22-36(46)42(40,5)6)37-32(48-34)15-16-33-38(37)26-18-31-29(20-35(26)49-33)41(3,4)43(7,8)39-27(21-44-47(31)39)24-13-11-10-12-14-24/h10-22H,23H2,1-9H3. The number of anilines is 1. The first-order valence-corrected chi connectivity index (χ1v) is 17.5. The molecule has 10 rings (SSSR count). The largest absolute Gasteiger partial charge is 0.456 e. The summed E-state index contributed by atoms with van der Waals surface area (Å²) in [6, 6.07) is 24.1. The molecule has 3 aromatic heterocycles. The van der Waals surface area contributed by atoms with Crippen molar-refractivity contribution in [2.24, 2.45) is 5.41 Å². The lowest BCUT2D eigenvalue weighted by Crippen LogP contribution is -2.48. The quantitative estimate of drug-likeness (QED) is 0.178. The minimum absolute atomic E-state index is 0.0500. The van der Waals surface area contributed by atoms with Crippen LogP contribution in [0, 0.1) is 5.41 Å². The second-order valence-corrected chi connectivity index (χ2v) is 16.8. The molecule has 0 radical (unpaired) electrons. The number of furan rings is 2. The maximum atomic E-state index is 6.73. The molecule has 0 bridgehead atoms. The first-order chi connectivity index (χ1) is 23.2. The number of benzene rings is 4. The Balaban J connectivity index is 1.27. The first kappa shape index (κ1) is 29.0. The van der Waals surface area contributed by atoms with Crippen LogP contribution in [0.4, 0.5) is 5.69 Å². The van der Waals surface area contributed by atoms with E-state index in [1.54, 1.807) is 0 Å². The lowest BCUT2D eigenvalue weighted by Gasteiger charge is -2.51. The van der Waals surface area contributed by atoms with Crippen molar-refractivity contribution in [3.8, 4) is 16.8 Å². The highest BCUT2D eigenvalue weighted by Gasteiger charge is 2.51. The van der Waals surface area contributed by atoms with Crippen molar-refractivity contribution < 1.29 is 8.83 Å². The van der Waals surface area contributed by atoms with Gasteiger partial charge in [0.05, 0.1) is 24.2 Å². The van der Waals surface area contributed by atoms with Gasteiger partial charge in [-0.15, -0.1) is 0 Å². The highest BCUT2D eigenvalue weighted by molar-refractivity contribution is 6.26. The van der Waals surface area contributed by atoms with Gasteiger partial charge in [0.2, 0.25) is 0 Å². The summed E-state index contributed by atoms with van der Waals surface area (Å²) in [6.45, 7) is 19.7. The number of hydrogen-bond acceptors (Lipinski definition) is 5. The zero-order valence-electron chi connectivity index (χ0n) is 29.8. The Kier molecular flexibility index (Phi) is 5.20. The van der Waals surface area contributed by atoms with Gasteiger partial charge in [-0.25, -0.2) is 4.68 Å². The molecular formula is C43H42N4O2. The van der Waals surface area contributed by atoms with Gasteiger partial charge in [0.1, 0.15) is 22.3 Å². The second kappa shape index (κ2) is 8.78. The molecule has 0 amide bonds. The molecule has 0 saturated carbocycles. The summed E-state index contributed by atoms with van der Waals surface area (Å²) in [5.41, 5.74) is 12.9. The predicted molar refractivity (Wildman–Crippen MR) is 200 cm³/mol. The molecule has 3 aliphatic rings. The van der Waals surface area contributed by atoms with Crippen molar-refractivity contribution in [1.82, 2.24) is 14.7 Å². The Labute approximate surface area is 286 Å². The van der Waals surface area contributed by atoms with E-state index in [2.05, 4.69) is 150 Å². The first-order valence-electron chi connectivity index (χ1n) is 17.5. The van der Waals surface area contributed by atoms with Crippen molar-refractivity contribution in [3.63, 3.8) is 0 Å². The lowest BCUT2D eigenvalue weighted by atomic mass is 9.59. The summed E-state index contributed by atoms with van der Waals surface area (Å²) in [6.07, 6.45) is 4.37. The Morgan fingerprint density at radius 1 is 0.633 bits per heavy atom. The average molecular weight is 647 g/mol. The molecule has 6 heterocycles. The third-order valence-electron chi connectivity index (χ3n) is 13.4. The number of aromatic nitrogens is 2. The van der Waals surface area contributed by atoms with Crippen LogP contribution in [0.15, 0.2) is 93.7 Å². The van der Waals surface area contributed by atoms with Crippen LogP contribution in [0.3, 0.4) is 0 Å². The predicted octanol–water partition coefficient (Wildman–Crippen LogP) is 10.8. The molecule has 0 N–H and O–H groups in total. The summed E-state index contributed by atoms with van der Waals surface area (Å²) in [5, 5.41) is 9.48. The van der Waals surface area contributed by atoms with Gasteiger partial charge in [0, 0.05) is 73.4 Å². The molecule has 7 aromatic rings. The van der Waals surface area contributed by atoms with Crippen LogP contribution >= 0.6 is 0 Å². The Morgan fingerprint density at radius 2 is 1.20 bits per heavy atom. The fourth-order valence-corrected chi connectivity index (χ4v) is 9.18. The van der Waals surface area contributed by atoms with E-state index >= 15 is 0 Å². The molecular weight excluding hydrogens is 604 g/mol. The molecule has 0 fully saturated rings. The number of fused-ring (bicyclic) bond motifs is 13. The van der Waals surface area contributed by atoms with Gasteiger partial charge >= 0.3 is 0 Å². The Bertz CT molecular complexity index is 2610. The van der Waals surface area contributed by atoms with E-state index < -0.39 is 0 Å². The van der Waals surface area contributed by atoms with Crippen LogP contribution in [0.5, 0.6) is 0 Å². The van der Waals surface area contributed by atoms with Crippen molar-refractivity contribution >= 4 is 49.6 Å². The van der Waals surface area contributed by atoms with Crippen molar-refractivity contribution in [3.05, 3.63) is 102 Å². The number of nitrogens with zero attached hydrogens (tertiary/aromatic N) is 4. The van der Waals surface area contributed by atoms with E-state index in [9.17, 15) is 0 Å². The van der Waals surface area contributed by atoms with Gasteiger partial charge < -0.3 is 18.6 Å². The zero-order valence-corrected chi connectivity index (χ0v) is 29.8. The van der Waals surface area contributed by atoms with Gasteiger partial charge in [-0.3, -0.25) is 0 Å². The lowest BCUT2D eigenvalue weighted by molar-refractivity contribution is 0.235. The van der Waals surface area contributed by atoms with Crippen LogP contribution < -0.4 is 4.90 Å². The van der Waals surface area contributed by atoms with Crippen LogP contribution in [-0.4, -0.2) is 28.4 Å². The number of rotatable bonds is 1. The van der Waals surface area contributed by atoms with E-state index in [-0.39, 0.29) is 21.7 Å². The Hall–Kier alpha value is -4.97. The van der Waals surface area contributed by atoms with E-state index in [4.69, 9.17) is 13.9 Å². The van der Waals surface area contributed by atoms with Crippen LogP contribution in [0.2, 0.25) is 0 Å². The van der Waals surface area contributed by atoms with Crippen molar-refractivity contribution in [2.75, 3.05) is 18.6 Å². The number of hydrogen-bond donors (Lipinski definition) is 0. The van der Waals surface area contributed by atoms with Crippen molar-refractivity contribution in [1.29, 1.82) is 0 Å². The molecule has 3 aliphatic heterocycles. The smallest absolute Gasteiger partial charge is 0.136 e. The summed E-state index contributed by atoms with van der Waals surface area (Å²) in [4.78, 5) is 4.79. The highest BCUT2D eigenvalue weighted by atomic mass is 16.3. The van der Waals surface area contributed by atoms with Crippen molar-refractivity contribution in [2.45, 2.75) is 71.6 Å². The molecule has 6 nitrogen and oxygen atoms in total. The number of allylic oxidation sites excluding steroid dienone is 1. The van der Waals surface area contributed by atoms with Crippen LogP contribution in [0.1, 0.15) is 72.2 Å². The van der Waals surface area contributed by atoms with E-state index in [0.717, 1.165) is 56.2 Å². The molecule has 4 aromatic carbocycles. The third-order valence-corrected chi connectivity index (χ3v) is 13.4. The fraction of sp³-hybridized carbons (Fsp3) is 0.326. The third kappa shape index (κ3) is 3.35. The second-order valence-electron chi connectivity index (χ2n) is 16.8. The van der Waals surface area contributed by atoms with E-state index in [0.29, 0.717) is 0 Å². The minimum atomic E-state index is -0.201. The molecule has 0 unspecified atom stereocenters. The zero-order chi connectivity index (χ0) is 34.0.